The summed E-state index contributed by atoms with van der Waals surface area (Å²) in [6, 6.07) is 8.83. The summed E-state index contributed by atoms with van der Waals surface area (Å²) in [7, 11) is 1.54. The number of carbonyl (C=O) groups is 1. The molecule has 1 aromatic carbocycles. The molecule has 0 radical (unpaired) electrons. The molecule has 0 unspecified atom stereocenters. The lowest BCUT2D eigenvalue weighted by Crippen LogP contribution is -1.95. The van der Waals surface area contributed by atoms with E-state index in [1.807, 2.05) is 13.0 Å². The topological polar surface area (TPSA) is 39.4 Å². The minimum Gasteiger partial charge on any atom is -0.493 e. The normalized spacial score (nSPS) is 10.9. The Labute approximate surface area is 124 Å². The van der Waals surface area contributed by atoms with Crippen LogP contribution >= 0.6 is 22.9 Å². The number of furan rings is 1. The van der Waals surface area contributed by atoms with Crippen LogP contribution in [0.2, 0.25) is 5.02 Å². The summed E-state index contributed by atoms with van der Waals surface area (Å²) in [6.07, 6.45) is 0. The van der Waals surface area contributed by atoms with Crippen LogP contribution in [-0.2, 0) is 0 Å². The zero-order valence-corrected chi connectivity index (χ0v) is 12.5. The number of hydrogen-bond donors (Lipinski definition) is 0. The first-order valence-electron chi connectivity index (χ1n) is 5.96. The average molecular weight is 307 g/mol. The van der Waals surface area contributed by atoms with Crippen LogP contribution in [0.3, 0.4) is 0 Å². The van der Waals surface area contributed by atoms with E-state index in [2.05, 4.69) is 0 Å². The highest BCUT2D eigenvalue weighted by Crippen LogP contribution is 2.33. The van der Waals surface area contributed by atoms with Crippen LogP contribution < -0.4 is 4.74 Å². The van der Waals surface area contributed by atoms with Gasteiger partial charge in [0.2, 0.25) is 5.78 Å². The van der Waals surface area contributed by atoms with Crippen molar-refractivity contribution in [3.63, 3.8) is 0 Å². The molecule has 3 aromatic rings. The van der Waals surface area contributed by atoms with Gasteiger partial charge in [0.05, 0.1) is 12.0 Å². The van der Waals surface area contributed by atoms with E-state index in [0.717, 1.165) is 10.3 Å². The van der Waals surface area contributed by atoms with E-state index in [1.165, 1.54) is 18.4 Å². The minimum absolute atomic E-state index is 0.127. The zero-order valence-electron chi connectivity index (χ0n) is 10.9. The van der Waals surface area contributed by atoms with Crippen molar-refractivity contribution in [3.05, 3.63) is 50.9 Å². The first-order valence-corrected chi connectivity index (χ1v) is 7.16. The molecular weight excluding hydrogens is 296 g/mol. The molecule has 0 amide bonds. The van der Waals surface area contributed by atoms with Gasteiger partial charge in [0.25, 0.3) is 0 Å². The van der Waals surface area contributed by atoms with Crippen molar-refractivity contribution < 1.29 is 13.9 Å². The molecule has 20 heavy (non-hydrogen) atoms. The third-order valence-electron chi connectivity index (χ3n) is 2.95. The zero-order chi connectivity index (χ0) is 14.3. The predicted octanol–water partition coefficient (Wildman–Crippen LogP) is 4.70. The average Bonchev–Trinajstić information content (AvgIpc) is 3.02. The van der Waals surface area contributed by atoms with Crippen molar-refractivity contribution in [2.24, 2.45) is 0 Å². The molecule has 3 nitrogen and oxygen atoms in total. The van der Waals surface area contributed by atoms with Crippen molar-refractivity contribution in [2.75, 3.05) is 7.11 Å². The van der Waals surface area contributed by atoms with Gasteiger partial charge in [-0.1, -0.05) is 11.6 Å². The van der Waals surface area contributed by atoms with E-state index >= 15 is 0 Å². The van der Waals surface area contributed by atoms with Gasteiger partial charge in [-0.05, 0) is 31.2 Å². The number of benzene rings is 1. The third kappa shape index (κ3) is 2.21. The van der Waals surface area contributed by atoms with Crippen LogP contribution in [-0.4, -0.2) is 12.9 Å². The highest BCUT2D eigenvalue weighted by Gasteiger charge is 2.18. The standard InChI is InChI=1S/C15H11ClO3S/c1-8-3-4-13(20-8)14(17)11-6-9-5-10(16)7-12(18-2)15(9)19-11/h3-7H,1-2H3. The first-order chi connectivity index (χ1) is 9.58. The maximum Gasteiger partial charge on any atom is 0.238 e. The van der Waals surface area contributed by atoms with Gasteiger partial charge in [-0.3, -0.25) is 4.79 Å². The fourth-order valence-electron chi connectivity index (χ4n) is 2.03. The number of ether oxygens (including phenoxy) is 1. The molecule has 5 heteroatoms. The van der Waals surface area contributed by atoms with Crippen LogP contribution in [0, 0.1) is 6.92 Å². The van der Waals surface area contributed by atoms with E-state index < -0.39 is 0 Å². The SMILES string of the molecule is COc1cc(Cl)cc2cc(C(=O)c3ccc(C)s3)oc12. The number of ketones is 1. The molecule has 0 aliphatic rings. The number of carbonyl (C=O) groups excluding carboxylic acids is 1. The number of aryl methyl sites for hydroxylation is 1. The molecule has 3 rings (SSSR count). The molecule has 102 valence electrons. The van der Waals surface area contributed by atoms with Crippen LogP contribution in [0.1, 0.15) is 20.3 Å². The summed E-state index contributed by atoms with van der Waals surface area (Å²) in [5.74, 6) is 0.689. The summed E-state index contributed by atoms with van der Waals surface area (Å²) in [5.41, 5.74) is 0.536. The highest BCUT2D eigenvalue weighted by atomic mass is 35.5. The van der Waals surface area contributed by atoms with E-state index in [9.17, 15) is 4.79 Å². The van der Waals surface area contributed by atoms with Crippen LogP contribution in [0.25, 0.3) is 11.0 Å². The third-order valence-corrected chi connectivity index (χ3v) is 4.17. The second kappa shape index (κ2) is 4.96. The molecule has 0 spiro atoms. The summed E-state index contributed by atoms with van der Waals surface area (Å²) in [5, 5.41) is 1.30. The van der Waals surface area contributed by atoms with Gasteiger partial charge in [0, 0.05) is 21.4 Å². The number of rotatable bonds is 3. The van der Waals surface area contributed by atoms with Gasteiger partial charge in [0.15, 0.2) is 17.1 Å². The lowest BCUT2D eigenvalue weighted by molar-refractivity contribution is 0.101. The Hall–Kier alpha value is -1.78. The Balaban J connectivity index is 2.11. The Morgan fingerprint density at radius 3 is 2.75 bits per heavy atom. The van der Waals surface area contributed by atoms with Crippen LogP contribution in [0.15, 0.2) is 34.7 Å². The number of fused-ring (bicyclic) bond motifs is 1. The van der Waals surface area contributed by atoms with E-state index in [0.29, 0.717) is 27.0 Å². The molecule has 0 saturated heterocycles. The molecule has 0 atom stereocenters. The van der Waals surface area contributed by atoms with E-state index in [1.54, 1.807) is 24.3 Å². The molecule has 0 fully saturated rings. The van der Waals surface area contributed by atoms with E-state index in [-0.39, 0.29) is 5.78 Å². The highest BCUT2D eigenvalue weighted by molar-refractivity contribution is 7.14. The van der Waals surface area contributed by atoms with Gasteiger partial charge in [-0.2, -0.15) is 0 Å². The molecule has 0 aliphatic heterocycles. The van der Waals surface area contributed by atoms with Gasteiger partial charge in [-0.25, -0.2) is 0 Å². The Kier molecular flexibility index (Phi) is 3.28. The maximum atomic E-state index is 12.4. The van der Waals surface area contributed by atoms with Gasteiger partial charge < -0.3 is 9.15 Å². The van der Waals surface area contributed by atoms with Crippen molar-refractivity contribution in [3.8, 4) is 5.75 Å². The summed E-state index contributed by atoms with van der Waals surface area (Å²) >= 11 is 7.45. The van der Waals surface area contributed by atoms with Crippen molar-refractivity contribution in [1.82, 2.24) is 0 Å². The lowest BCUT2D eigenvalue weighted by atomic mass is 10.2. The fourth-order valence-corrected chi connectivity index (χ4v) is 3.06. The van der Waals surface area contributed by atoms with Gasteiger partial charge in [0.1, 0.15) is 0 Å². The van der Waals surface area contributed by atoms with Crippen LogP contribution in [0.5, 0.6) is 5.75 Å². The van der Waals surface area contributed by atoms with Gasteiger partial charge >= 0.3 is 0 Å². The van der Waals surface area contributed by atoms with E-state index in [4.69, 9.17) is 20.8 Å². The molecular formula is C15H11ClO3S. The minimum atomic E-state index is -0.127. The van der Waals surface area contributed by atoms with Gasteiger partial charge in [-0.15, -0.1) is 11.3 Å². The Morgan fingerprint density at radius 1 is 1.30 bits per heavy atom. The molecule has 0 bridgehead atoms. The number of methoxy groups -OCH3 is 1. The second-order valence-corrected chi connectivity index (χ2v) is 6.10. The maximum absolute atomic E-state index is 12.4. The Bertz CT molecular complexity index is 801. The Morgan fingerprint density at radius 2 is 2.10 bits per heavy atom. The molecule has 0 saturated carbocycles. The number of thiophene rings is 1. The fraction of sp³-hybridized carbons (Fsp3) is 0.133. The predicted molar refractivity (Wildman–Crippen MR) is 80.3 cm³/mol. The van der Waals surface area contributed by atoms with Crippen molar-refractivity contribution >= 4 is 39.7 Å². The molecule has 0 aliphatic carbocycles. The molecule has 2 aromatic heterocycles. The summed E-state index contributed by atoms with van der Waals surface area (Å²) < 4.78 is 10.9. The first kappa shape index (κ1) is 13.2. The van der Waals surface area contributed by atoms with Crippen molar-refractivity contribution in [2.45, 2.75) is 6.92 Å². The number of hydrogen-bond acceptors (Lipinski definition) is 4. The second-order valence-electron chi connectivity index (χ2n) is 4.38. The summed E-state index contributed by atoms with van der Waals surface area (Å²) in [4.78, 5) is 14.1. The van der Waals surface area contributed by atoms with Crippen LogP contribution in [0.4, 0.5) is 0 Å². The summed E-state index contributed by atoms with van der Waals surface area (Å²) in [6.45, 7) is 1.96. The lowest BCUT2D eigenvalue weighted by Gasteiger charge is -2.00. The smallest absolute Gasteiger partial charge is 0.238 e. The monoisotopic (exact) mass is 306 g/mol. The molecule has 0 N–H and O–H groups in total. The van der Waals surface area contributed by atoms with Crippen molar-refractivity contribution in [1.29, 1.82) is 0 Å². The largest absolute Gasteiger partial charge is 0.493 e. The molecule has 2 heterocycles. The quantitative estimate of drug-likeness (QED) is 0.659. The number of halogens is 1.